The zero-order chi connectivity index (χ0) is 19.0. The molecule has 0 spiro atoms. The van der Waals surface area contributed by atoms with Crippen LogP contribution in [0.1, 0.15) is 10.5 Å². The number of hydrogen-bond acceptors (Lipinski definition) is 6. The molecule has 1 amide bonds. The van der Waals surface area contributed by atoms with Gasteiger partial charge in [-0.05, 0) is 12.1 Å². The van der Waals surface area contributed by atoms with Gasteiger partial charge in [0.15, 0.2) is 0 Å². The van der Waals surface area contributed by atoms with Gasteiger partial charge in [0.2, 0.25) is 0 Å². The summed E-state index contributed by atoms with van der Waals surface area (Å²) in [6.45, 7) is 3.05. The van der Waals surface area contributed by atoms with Gasteiger partial charge in [-0.3, -0.25) is 4.79 Å². The highest BCUT2D eigenvalue weighted by Crippen LogP contribution is 2.35. The van der Waals surface area contributed by atoms with Crippen LogP contribution in [0.5, 0.6) is 0 Å². The number of carbonyl (C=O) groups excluding carboxylic acids is 1. The number of nitrogens with zero attached hydrogens (tertiary/aromatic N) is 5. The van der Waals surface area contributed by atoms with Crippen LogP contribution >= 0.6 is 0 Å². The minimum Gasteiger partial charge on any atom is -0.376 e. The second-order valence-electron chi connectivity index (χ2n) is 7.54. The minimum absolute atomic E-state index is 0.0350. The van der Waals surface area contributed by atoms with Gasteiger partial charge in [-0.25, -0.2) is 9.97 Å². The number of aromatic nitrogens is 3. The molecule has 2 fully saturated rings. The molecule has 0 aliphatic carbocycles. The van der Waals surface area contributed by atoms with Crippen molar-refractivity contribution in [3.8, 4) is 0 Å². The van der Waals surface area contributed by atoms with Crippen molar-refractivity contribution in [2.75, 3.05) is 50.1 Å². The quantitative estimate of drug-likeness (QED) is 0.838. The number of amides is 1. The Morgan fingerprint density at radius 3 is 2.96 bits per heavy atom. The summed E-state index contributed by atoms with van der Waals surface area (Å²) in [5, 5.41) is 3.07. The van der Waals surface area contributed by atoms with Gasteiger partial charge in [0.25, 0.3) is 5.91 Å². The smallest absolute Gasteiger partial charge is 0.267 e. The van der Waals surface area contributed by atoms with Gasteiger partial charge in [0.1, 0.15) is 23.7 Å². The Bertz CT molecular complexity index is 820. The van der Waals surface area contributed by atoms with E-state index in [1.54, 1.807) is 6.33 Å². The van der Waals surface area contributed by atoms with E-state index in [0.29, 0.717) is 30.7 Å². The lowest BCUT2D eigenvalue weighted by Crippen LogP contribution is -2.35. The van der Waals surface area contributed by atoms with Crippen molar-refractivity contribution >= 4 is 17.5 Å². The molecule has 3 atom stereocenters. The van der Waals surface area contributed by atoms with Crippen LogP contribution in [-0.4, -0.2) is 66.9 Å². The van der Waals surface area contributed by atoms with Crippen molar-refractivity contribution in [2.45, 2.75) is 6.10 Å². The average molecular weight is 370 g/mol. The number of hydrogen-bond donors (Lipinski definition) is 1. The lowest BCUT2D eigenvalue weighted by Gasteiger charge is -2.22. The molecule has 27 heavy (non-hydrogen) atoms. The molecule has 0 saturated carbocycles. The Hall–Kier alpha value is -2.61. The molecule has 8 heteroatoms. The predicted octanol–water partition coefficient (Wildman–Crippen LogP) is 0.762. The Morgan fingerprint density at radius 2 is 2.22 bits per heavy atom. The van der Waals surface area contributed by atoms with E-state index >= 15 is 0 Å². The largest absolute Gasteiger partial charge is 0.376 e. The van der Waals surface area contributed by atoms with E-state index in [1.165, 1.54) is 0 Å². The van der Waals surface area contributed by atoms with Gasteiger partial charge in [-0.1, -0.05) is 0 Å². The van der Waals surface area contributed by atoms with Gasteiger partial charge < -0.3 is 24.4 Å². The SMILES string of the molecule is CN(C)c1cc(N2C[C@@H]3[C@@H](CNC(=O)c4cccn4C)CO[C@@H]3C2)ncn1. The Morgan fingerprint density at radius 1 is 1.37 bits per heavy atom. The molecular formula is C19H26N6O2. The monoisotopic (exact) mass is 370 g/mol. The maximum atomic E-state index is 12.4. The fourth-order valence-corrected chi connectivity index (χ4v) is 3.96. The second kappa shape index (κ2) is 7.19. The number of anilines is 2. The zero-order valence-corrected chi connectivity index (χ0v) is 16.0. The molecule has 4 rings (SSSR count). The normalized spacial score (nSPS) is 24.1. The molecule has 4 heterocycles. The summed E-state index contributed by atoms with van der Waals surface area (Å²) in [4.78, 5) is 25.3. The van der Waals surface area contributed by atoms with E-state index in [4.69, 9.17) is 4.74 Å². The van der Waals surface area contributed by atoms with Crippen LogP contribution in [0.2, 0.25) is 0 Å². The Kier molecular flexibility index (Phi) is 4.73. The molecule has 144 valence electrons. The first-order valence-corrected chi connectivity index (χ1v) is 9.28. The first-order chi connectivity index (χ1) is 13.0. The van der Waals surface area contributed by atoms with E-state index in [0.717, 1.165) is 24.7 Å². The van der Waals surface area contributed by atoms with E-state index in [1.807, 2.05) is 55.0 Å². The van der Waals surface area contributed by atoms with Crippen LogP contribution in [0, 0.1) is 11.8 Å². The van der Waals surface area contributed by atoms with Crippen molar-refractivity contribution < 1.29 is 9.53 Å². The third kappa shape index (κ3) is 3.49. The number of rotatable bonds is 5. The van der Waals surface area contributed by atoms with Crippen molar-refractivity contribution in [3.63, 3.8) is 0 Å². The first-order valence-electron chi connectivity index (χ1n) is 9.28. The number of nitrogens with one attached hydrogen (secondary N) is 1. The summed E-state index contributed by atoms with van der Waals surface area (Å²) in [6.07, 6.45) is 3.68. The highest BCUT2D eigenvalue weighted by atomic mass is 16.5. The van der Waals surface area contributed by atoms with Crippen LogP contribution in [0.3, 0.4) is 0 Å². The van der Waals surface area contributed by atoms with Crippen molar-refractivity contribution in [3.05, 3.63) is 36.4 Å². The van der Waals surface area contributed by atoms with Crippen LogP contribution in [0.15, 0.2) is 30.7 Å². The third-order valence-corrected chi connectivity index (χ3v) is 5.56. The van der Waals surface area contributed by atoms with Crippen molar-refractivity contribution in [1.29, 1.82) is 0 Å². The van der Waals surface area contributed by atoms with Gasteiger partial charge in [0, 0.05) is 64.9 Å². The summed E-state index contributed by atoms with van der Waals surface area (Å²) >= 11 is 0. The fourth-order valence-electron chi connectivity index (χ4n) is 3.96. The molecule has 0 unspecified atom stereocenters. The number of carbonyl (C=O) groups is 1. The molecule has 2 saturated heterocycles. The lowest BCUT2D eigenvalue weighted by molar-refractivity contribution is 0.0932. The van der Waals surface area contributed by atoms with Crippen LogP contribution < -0.4 is 15.1 Å². The van der Waals surface area contributed by atoms with Gasteiger partial charge in [0.05, 0.1) is 12.7 Å². The van der Waals surface area contributed by atoms with Crippen LogP contribution in [-0.2, 0) is 11.8 Å². The summed E-state index contributed by atoms with van der Waals surface area (Å²) in [5.41, 5.74) is 0.677. The lowest BCUT2D eigenvalue weighted by atomic mass is 9.93. The van der Waals surface area contributed by atoms with Gasteiger partial charge in [-0.15, -0.1) is 0 Å². The van der Waals surface area contributed by atoms with Gasteiger partial charge >= 0.3 is 0 Å². The van der Waals surface area contributed by atoms with E-state index in [2.05, 4.69) is 20.2 Å². The minimum atomic E-state index is -0.0350. The van der Waals surface area contributed by atoms with E-state index in [-0.39, 0.29) is 12.0 Å². The maximum Gasteiger partial charge on any atom is 0.267 e. The summed E-state index contributed by atoms with van der Waals surface area (Å²) in [7, 11) is 5.82. The molecule has 2 aliphatic heterocycles. The summed E-state index contributed by atoms with van der Waals surface area (Å²) in [6, 6.07) is 5.72. The molecule has 2 aromatic heterocycles. The molecular weight excluding hydrogens is 344 g/mol. The number of ether oxygens (including phenoxy) is 1. The van der Waals surface area contributed by atoms with E-state index < -0.39 is 0 Å². The highest BCUT2D eigenvalue weighted by Gasteiger charge is 2.44. The Labute approximate surface area is 159 Å². The molecule has 0 radical (unpaired) electrons. The standard InChI is InChI=1S/C19H26N6O2/c1-23(2)17-7-18(22-12-21-17)25-9-14-13(11-27-16(14)10-25)8-20-19(26)15-5-4-6-24(15)3/h4-7,12-14,16H,8-11H2,1-3H3,(H,20,26)/t13-,14+,16+/m0/s1. The molecule has 1 N–H and O–H groups in total. The third-order valence-electron chi connectivity index (χ3n) is 5.56. The average Bonchev–Trinajstić information content (AvgIpc) is 3.35. The van der Waals surface area contributed by atoms with Crippen LogP contribution in [0.4, 0.5) is 11.6 Å². The van der Waals surface area contributed by atoms with Crippen molar-refractivity contribution in [1.82, 2.24) is 19.9 Å². The van der Waals surface area contributed by atoms with E-state index in [9.17, 15) is 4.79 Å². The topological polar surface area (TPSA) is 75.5 Å². The number of aryl methyl sites for hydroxylation is 1. The molecule has 0 bridgehead atoms. The molecule has 2 aromatic rings. The Balaban J connectivity index is 1.38. The van der Waals surface area contributed by atoms with Gasteiger partial charge in [-0.2, -0.15) is 0 Å². The maximum absolute atomic E-state index is 12.4. The fraction of sp³-hybridized carbons (Fsp3) is 0.526. The molecule has 2 aliphatic rings. The summed E-state index contributed by atoms with van der Waals surface area (Å²) in [5.74, 6) is 2.51. The van der Waals surface area contributed by atoms with Crippen molar-refractivity contribution in [2.24, 2.45) is 18.9 Å². The molecule has 0 aromatic carbocycles. The predicted molar refractivity (Wildman–Crippen MR) is 103 cm³/mol. The highest BCUT2D eigenvalue weighted by molar-refractivity contribution is 5.92. The number of fused-ring (bicyclic) bond motifs is 1. The zero-order valence-electron chi connectivity index (χ0n) is 16.0. The molecule has 8 nitrogen and oxygen atoms in total. The first kappa shape index (κ1) is 17.8. The van der Waals surface area contributed by atoms with Crippen LogP contribution in [0.25, 0.3) is 0 Å². The summed E-state index contributed by atoms with van der Waals surface area (Å²) < 4.78 is 7.85. The second-order valence-corrected chi connectivity index (χ2v) is 7.54.